The summed E-state index contributed by atoms with van der Waals surface area (Å²) in [4.78, 5) is 11.3. The minimum absolute atomic E-state index is 0.0252. The molecule has 0 radical (unpaired) electrons. The van der Waals surface area contributed by atoms with E-state index < -0.39 is 0 Å². The summed E-state index contributed by atoms with van der Waals surface area (Å²) in [5.74, 6) is -0.0389. The number of hydrogen-bond donors (Lipinski definition) is 1. The molecule has 0 bridgehead atoms. The number of carbonyl (C=O) groups is 1. The maximum Gasteiger partial charge on any atom is 0.221 e. The molecule has 2 heteroatoms. The topological polar surface area (TPSA) is 29.1 Å². The Morgan fingerprint density at radius 2 is 1.60 bits per heavy atom. The number of nitrogens with one attached hydrogen (secondary N) is 1. The monoisotopic (exact) mass is 267 g/mol. The van der Waals surface area contributed by atoms with Crippen LogP contribution in [0.1, 0.15) is 33.3 Å². The van der Waals surface area contributed by atoms with Gasteiger partial charge in [0.25, 0.3) is 0 Å². The zero-order valence-electron chi connectivity index (χ0n) is 12.5. The molecule has 2 aromatic rings. The number of benzene rings is 2. The van der Waals surface area contributed by atoms with Gasteiger partial charge in [-0.1, -0.05) is 57.2 Å². The summed E-state index contributed by atoms with van der Waals surface area (Å²) in [5.41, 5.74) is 4.37. The first-order valence-corrected chi connectivity index (χ1v) is 6.85. The number of anilines is 1. The summed E-state index contributed by atoms with van der Waals surface area (Å²) in [6.07, 6.45) is 0. The van der Waals surface area contributed by atoms with Gasteiger partial charge in [-0.2, -0.15) is 0 Å². The highest BCUT2D eigenvalue weighted by molar-refractivity contribution is 5.90. The molecule has 1 N–H and O–H groups in total. The summed E-state index contributed by atoms with van der Waals surface area (Å²) < 4.78 is 0. The molecule has 0 heterocycles. The van der Waals surface area contributed by atoms with E-state index in [4.69, 9.17) is 0 Å². The molecule has 0 aliphatic carbocycles. The van der Waals surface area contributed by atoms with Crippen LogP contribution in [0.2, 0.25) is 0 Å². The molecule has 0 spiro atoms. The van der Waals surface area contributed by atoms with Gasteiger partial charge in [0.05, 0.1) is 0 Å². The Morgan fingerprint density at radius 1 is 0.950 bits per heavy atom. The molecular formula is C18H21NO. The maximum absolute atomic E-state index is 11.3. The zero-order chi connectivity index (χ0) is 14.8. The van der Waals surface area contributed by atoms with Crippen LogP contribution in [0.25, 0.3) is 11.1 Å². The van der Waals surface area contributed by atoms with Crippen molar-refractivity contribution >= 4 is 11.6 Å². The van der Waals surface area contributed by atoms with Gasteiger partial charge in [0.15, 0.2) is 0 Å². The molecule has 20 heavy (non-hydrogen) atoms. The highest BCUT2D eigenvalue weighted by Gasteiger charge is 2.19. The summed E-state index contributed by atoms with van der Waals surface area (Å²) in [6, 6.07) is 16.5. The van der Waals surface area contributed by atoms with Crippen LogP contribution >= 0.6 is 0 Å². The van der Waals surface area contributed by atoms with Crippen molar-refractivity contribution in [2.24, 2.45) is 0 Å². The summed E-state index contributed by atoms with van der Waals surface area (Å²) in [7, 11) is 0. The van der Waals surface area contributed by atoms with Gasteiger partial charge in [0.2, 0.25) is 5.91 Å². The number of carbonyl (C=O) groups excluding carboxylic acids is 1. The van der Waals surface area contributed by atoms with Gasteiger partial charge in [-0.15, -0.1) is 0 Å². The molecule has 0 aliphatic rings. The van der Waals surface area contributed by atoms with E-state index in [9.17, 15) is 4.79 Å². The second-order valence-electron chi connectivity index (χ2n) is 6.06. The Morgan fingerprint density at radius 3 is 2.15 bits per heavy atom. The van der Waals surface area contributed by atoms with Gasteiger partial charge in [0, 0.05) is 12.6 Å². The van der Waals surface area contributed by atoms with E-state index in [0.29, 0.717) is 0 Å². The zero-order valence-corrected chi connectivity index (χ0v) is 12.5. The molecule has 0 fully saturated rings. The molecule has 104 valence electrons. The smallest absolute Gasteiger partial charge is 0.221 e. The molecule has 0 saturated carbocycles. The highest BCUT2D eigenvalue weighted by atomic mass is 16.1. The van der Waals surface area contributed by atoms with Gasteiger partial charge in [-0.25, -0.2) is 0 Å². The molecular weight excluding hydrogens is 246 g/mol. The first kappa shape index (κ1) is 14.3. The van der Waals surface area contributed by atoms with Gasteiger partial charge >= 0.3 is 0 Å². The molecule has 2 rings (SSSR count). The van der Waals surface area contributed by atoms with Gasteiger partial charge in [-0.3, -0.25) is 4.79 Å². The highest BCUT2D eigenvalue weighted by Crippen LogP contribution is 2.33. The third-order valence-electron chi connectivity index (χ3n) is 3.25. The Hall–Kier alpha value is -2.09. The van der Waals surface area contributed by atoms with Crippen molar-refractivity contribution in [2.45, 2.75) is 33.1 Å². The van der Waals surface area contributed by atoms with E-state index in [1.54, 1.807) is 0 Å². The van der Waals surface area contributed by atoms with Crippen LogP contribution in [0.15, 0.2) is 48.5 Å². The van der Waals surface area contributed by atoms with E-state index in [1.165, 1.54) is 18.1 Å². The molecule has 0 aliphatic heterocycles. The molecule has 0 saturated heterocycles. The number of amides is 1. The van der Waals surface area contributed by atoms with Gasteiger partial charge < -0.3 is 5.32 Å². The van der Waals surface area contributed by atoms with Gasteiger partial charge in [-0.05, 0) is 34.2 Å². The Bertz CT molecular complexity index is 609. The van der Waals surface area contributed by atoms with Crippen LogP contribution in [0.5, 0.6) is 0 Å². The Kier molecular flexibility index (Phi) is 3.93. The minimum atomic E-state index is -0.0389. The van der Waals surface area contributed by atoms with Gasteiger partial charge in [0.1, 0.15) is 0 Å². The second kappa shape index (κ2) is 5.49. The van der Waals surface area contributed by atoms with E-state index in [1.807, 2.05) is 24.3 Å². The second-order valence-corrected chi connectivity index (χ2v) is 6.06. The lowest BCUT2D eigenvalue weighted by molar-refractivity contribution is -0.114. The van der Waals surface area contributed by atoms with Crippen LogP contribution in [0.4, 0.5) is 5.69 Å². The summed E-state index contributed by atoms with van der Waals surface area (Å²) in [5, 5.41) is 2.92. The molecule has 1 amide bonds. The first-order valence-electron chi connectivity index (χ1n) is 6.85. The molecule has 0 atom stereocenters. The van der Waals surface area contributed by atoms with Crippen molar-refractivity contribution in [1.29, 1.82) is 0 Å². The molecule has 0 unspecified atom stereocenters. The quantitative estimate of drug-likeness (QED) is 0.845. The first-order chi connectivity index (χ1) is 9.38. The van der Waals surface area contributed by atoms with Crippen molar-refractivity contribution in [3.8, 4) is 11.1 Å². The largest absolute Gasteiger partial charge is 0.326 e. The average molecular weight is 267 g/mol. The van der Waals surface area contributed by atoms with E-state index in [2.05, 4.69) is 50.4 Å². The predicted octanol–water partition coefficient (Wildman–Crippen LogP) is 4.61. The Labute approximate surface area is 120 Å². The fourth-order valence-corrected chi connectivity index (χ4v) is 2.27. The van der Waals surface area contributed by atoms with Crippen LogP contribution in [-0.2, 0) is 10.2 Å². The van der Waals surface area contributed by atoms with Crippen molar-refractivity contribution in [2.75, 3.05) is 5.32 Å². The minimum Gasteiger partial charge on any atom is -0.326 e. The summed E-state index contributed by atoms with van der Waals surface area (Å²) >= 11 is 0. The lowest BCUT2D eigenvalue weighted by Crippen LogP contribution is -2.17. The molecule has 0 aromatic heterocycles. The van der Waals surface area contributed by atoms with E-state index >= 15 is 0 Å². The third kappa shape index (κ3) is 3.27. The van der Waals surface area contributed by atoms with E-state index in [-0.39, 0.29) is 11.3 Å². The SMILES string of the molecule is CC(=O)Nc1ccc(-c2ccccc2)cc1C(C)(C)C. The normalized spacial score (nSPS) is 11.2. The van der Waals surface area contributed by atoms with E-state index in [0.717, 1.165) is 11.3 Å². The standard InChI is InChI=1S/C18H21NO/c1-13(20)19-17-11-10-15(12-16(17)18(2,3)4)14-8-6-5-7-9-14/h5-12H,1-4H3,(H,19,20). The fraction of sp³-hybridized carbons (Fsp3) is 0.278. The lowest BCUT2D eigenvalue weighted by Gasteiger charge is -2.24. The lowest BCUT2D eigenvalue weighted by atomic mass is 9.84. The predicted molar refractivity (Wildman–Crippen MR) is 84.9 cm³/mol. The number of hydrogen-bond acceptors (Lipinski definition) is 1. The van der Waals surface area contributed by atoms with Crippen molar-refractivity contribution in [1.82, 2.24) is 0 Å². The van der Waals surface area contributed by atoms with Crippen LogP contribution in [0, 0.1) is 0 Å². The van der Waals surface area contributed by atoms with Crippen molar-refractivity contribution < 1.29 is 4.79 Å². The van der Waals surface area contributed by atoms with Crippen LogP contribution in [-0.4, -0.2) is 5.91 Å². The average Bonchev–Trinajstić information content (AvgIpc) is 2.38. The van der Waals surface area contributed by atoms with Crippen LogP contribution < -0.4 is 5.32 Å². The van der Waals surface area contributed by atoms with Crippen LogP contribution in [0.3, 0.4) is 0 Å². The summed E-state index contributed by atoms with van der Waals surface area (Å²) in [6.45, 7) is 8.00. The fourth-order valence-electron chi connectivity index (χ4n) is 2.27. The van der Waals surface area contributed by atoms with Crippen molar-refractivity contribution in [3.63, 3.8) is 0 Å². The van der Waals surface area contributed by atoms with Crippen molar-refractivity contribution in [3.05, 3.63) is 54.1 Å². The third-order valence-corrected chi connectivity index (χ3v) is 3.25. The number of rotatable bonds is 2. The molecule has 2 aromatic carbocycles. The molecule has 2 nitrogen and oxygen atoms in total. The Balaban J connectivity index is 2.52. The maximum atomic E-state index is 11.3.